The van der Waals surface area contributed by atoms with E-state index >= 15 is 0 Å². The Bertz CT molecular complexity index is 921. The molecule has 28 heavy (non-hydrogen) atoms. The Hall–Kier alpha value is -1.58. The zero-order valence-electron chi connectivity index (χ0n) is 15.3. The van der Waals surface area contributed by atoms with E-state index in [0.717, 1.165) is 0 Å². The molecule has 8 aliphatic rings. The fourth-order valence-electron chi connectivity index (χ4n) is 6.86. The number of hydrogen-bond donors (Lipinski definition) is 2. The van der Waals surface area contributed by atoms with Crippen LogP contribution >= 0.6 is 0 Å². The molecule has 2 N–H and O–H groups in total. The molecule has 5 heterocycles. The van der Waals surface area contributed by atoms with E-state index in [1.807, 2.05) is 13.8 Å². The Morgan fingerprint density at radius 2 is 1.68 bits per heavy atom. The average Bonchev–Trinajstić information content (AvgIpc) is 3.57. The Morgan fingerprint density at radius 3 is 2.46 bits per heavy atom. The van der Waals surface area contributed by atoms with Crippen molar-refractivity contribution in [3.63, 3.8) is 0 Å². The maximum atomic E-state index is 13.7. The molecule has 0 radical (unpaired) electrons. The number of hydrogen-bond acceptors (Lipinski definition) is 8. The summed E-state index contributed by atoms with van der Waals surface area (Å²) in [5.74, 6) is -1.05. The monoisotopic (exact) mass is 388 g/mol. The van der Waals surface area contributed by atoms with Gasteiger partial charge in [0.1, 0.15) is 36.6 Å². The van der Waals surface area contributed by atoms with Crippen LogP contribution < -0.4 is 0 Å². The van der Waals surface area contributed by atoms with Crippen molar-refractivity contribution >= 4 is 11.6 Å². The molecule has 8 nitrogen and oxygen atoms in total. The summed E-state index contributed by atoms with van der Waals surface area (Å²) in [6.07, 6.45) is -4.40. The summed E-state index contributed by atoms with van der Waals surface area (Å²) >= 11 is 0. The number of carbonyl (C=O) groups is 2. The number of carbonyl (C=O) groups excluding carboxylic acids is 2. The highest BCUT2D eigenvalue weighted by Gasteiger charge is 2.78. The first-order chi connectivity index (χ1) is 13.4. The van der Waals surface area contributed by atoms with E-state index in [9.17, 15) is 19.8 Å². The van der Waals surface area contributed by atoms with Crippen molar-refractivity contribution in [3.05, 3.63) is 23.0 Å². The van der Waals surface area contributed by atoms with Crippen molar-refractivity contribution in [2.45, 2.75) is 68.8 Å². The lowest BCUT2D eigenvalue weighted by atomic mass is 9.45. The maximum absolute atomic E-state index is 13.7. The lowest BCUT2D eigenvalue weighted by Gasteiger charge is -2.63. The van der Waals surface area contributed by atoms with Crippen molar-refractivity contribution in [2.75, 3.05) is 0 Å². The molecule has 8 rings (SSSR count). The molecule has 5 aliphatic heterocycles. The van der Waals surface area contributed by atoms with Gasteiger partial charge in [0.15, 0.2) is 11.6 Å². The van der Waals surface area contributed by atoms with Crippen molar-refractivity contribution in [3.8, 4) is 0 Å². The lowest BCUT2D eigenvalue weighted by Crippen LogP contribution is -2.72. The lowest BCUT2D eigenvalue weighted by molar-refractivity contribution is -0.210. The predicted molar refractivity (Wildman–Crippen MR) is 88.8 cm³/mol. The molecule has 12 atom stereocenters. The van der Waals surface area contributed by atoms with Crippen LogP contribution in [0, 0.1) is 17.3 Å². The van der Waals surface area contributed by atoms with Crippen LogP contribution in [-0.2, 0) is 28.5 Å². The molecular weight excluding hydrogens is 368 g/mol. The number of Topliss-reactive ketones (excluding diaryl/α,β-unsaturated/α-hetero) is 2. The number of aliphatic hydroxyl groups excluding tert-OH is 2. The second-order valence-electron chi connectivity index (χ2n) is 9.09. The van der Waals surface area contributed by atoms with Gasteiger partial charge in [0, 0.05) is 23.0 Å². The van der Waals surface area contributed by atoms with Crippen LogP contribution in [0.2, 0.25) is 0 Å². The van der Waals surface area contributed by atoms with Crippen molar-refractivity contribution in [2.24, 2.45) is 17.3 Å². The summed E-state index contributed by atoms with van der Waals surface area (Å²) in [7, 11) is 0. The minimum Gasteiger partial charge on any atom is -0.498 e. The van der Waals surface area contributed by atoms with E-state index < -0.39 is 54.1 Å². The van der Waals surface area contributed by atoms with Gasteiger partial charge in [-0.05, 0) is 19.4 Å². The second kappa shape index (κ2) is 4.60. The molecule has 3 aliphatic carbocycles. The Morgan fingerprint density at radius 1 is 0.964 bits per heavy atom. The molecule has 148 valence electrons. The van der Waals surface area contributed by atoms with Crippen LogP contribution in [0.25, 0.3) is 0 Å². The van der Waals surface area contributed by atoms with Gasteiger partial charge < -0.3 is 29.2 Å². The van der Waals surface area contributed by atoms with Crippen LogP contribution in [0.3, 0.4) is 0 Å². The third-order valence-electron chi connectivity index (χ3n) is 8.00. The van der Waals surface area contributed by atoms with Gasteiger partial charge in [-0.1, -0.05) is 0 Å². The number of aliphatic hydroxyl groups is 2. The summed E-state index contributed by atoms with van der Waals surface area (Å²) < 4.78 is 23.1. The fourth-order valence-corrected chi connectivity index (χ4v) is 6.86. The van der Waals surface area contributed by atoms with Gasteiger partial charge >= 0.3 is 0 Å². The highest BCUT2D eigenvalue weighted by Crippen LogP contribution is 2.67. The zero-order valence-corrected chi connectivity index (χ0v) is 15.3. The summed E-state index contributed by atoms with van der Waals surface area (Å²) in [6.45, 7) is 3.77. The smallest absolute Gasteiger partial charge is 0.190 e. The van der Waals surface area contributed by atoms with Gasteiger partial charge in [0.25, 0.3) is 0 Å². The molecule has 8 heteroatoms. The van der Waals surface area contributed by atoms with Crippen LogP contribution in [0.1, 0.15) is 13.8 Å². The van der Waals surface area contributed by atoms with Crippen molar-refractivity contribution < 1.29 is 38.7 Å². The molecule has 2 unspecified atom stereocenters. The Balaban J connectivity index is 1.52. The Labute approximate surface area is 160 Å². The van der Waals surface area contributed by atoms with E-state index in [0.29, 0.717) is 16.7 Å². The van der Waals surface area contributed by atoms with Gasteiger partial charge in [-0.2, -0.15) is 0 Å². The highest BCUT2D eigenvalue weighted by molar-refractivity contribution is 6.06. The van der Waals surface area contributed by atoms with Crippen LogP contribution in [0.15, 0.2) is 23.0 Å². The molecule has 0 aromatic carbocycles. The van der Waals surface area contributed by atoms with E-state index in [1.54, 1.807) is 0 Å². The molecule has 2 bridgehead atoms. The third-order valence-corrected chi connectivity index (χ3v) is 8.00. The SMILES string of the molecule is C[C@H]1O[C@H]2C3=C(C(=O)C4O[C@@H]4[C@H]3O)[C@@H]1[C@@H]1[C@@H](C)OC=C3[C@H](O)[C@H]4OC4C(=O)[C@]312. The molecule has 3 saturated heterocycles. The highest BCUT2D eigenvalue weighted by atomic mass is 16.6. The summed E-state index contributed by atoms with van der Waals surface area (Å²) in [5, 5.41) is 21.8. The first-order valence-electron chi connectivity index (χ1n) is 9.90. The van der Waals surface area contributed by atoms with E-state index in [-0.39, 0.29) is 29.7 Å². The van der Waals surface area contributed by atoms with Gasteiger partial charge in [-0.25, -0.2) is 0 Å². The van der Waals surface area contributed by atoms with Crippen LogP contribution in [0.5, 0.6) is 0 Å². The molecular formula is C20H20O8. The largest absolute Gasteiger partial charge is 0.498 e. The number of ether oxygens (including phenoxy) is 4. The minimum atomic E-state index is -1.19. The first kappa shape index (κ1) is 16.2. The standard InChI is InChI=1S/C20H20O8/c1-4-7-8-9(13(23)16-15(27-16)12(8)22)19(26-4)20-6(3-25-5(2)10(7)20)11(21)14-17(28-14)18(20)24/h3-5,7,10-11,13-17,19,21,23H,1-2H3/t4-,5-,7-,10+,11+,13+,14-,15?,16-,17?,19+,20+/m1/s1. The normalized spacial score (nSPS) is 60.0. The third kappa shape index (κ3) is 1.47. The van der Waals surface area contributed by atoms with Crippen LogP contribution in [-0.4, -0.2) is 76.7 Å². The van der Waals surface area contributed by atoms with E-state index in [1.165, 1.54) is 6.26 Å². The van der Waals surface area contributed by atoms with Gasteiger partial charge in [-0.3, -0.25) is 9.59 Å². The second-order valence-corrected chi connectivity index (χ2v) is 9.09. The Kier molecular flexibility index (Phi) is 2.67. The van der Waals surface area contributed by atoms with Crippen LogP contribution in [0.4, 0.5) is 0 Å². The molecule has 4 fully saturated rings. The molecule has 0 amide bonds. The van der Waals surface area contributed by atoms with E-state index in [2.05, 4.69) is 0 Å². The molecule has 0 aromatic heterocycles. The number of rotatable bonds is 0. The maximum Gasteiger partial charge on any atom is 0.190 e. The minimum absolute atomic E-state index is 0.113. The molecule has 0 aromatic rings. The molecule has 1 saturated carbocycles. The summed E-state index contributed by atoms with van der Waals surface area (Å²) in [5.41, 5.74) is 0.269. The average molecular weight is 388 g/mol. The van der Waals surface area contributed by atoms with Crippen molar-refractivity contribution in [1.29, 1.82) is 0 Å². The van der Waals surface area contributed by atoms with Gasteiger partial charge in [0.05, 0.1) is 30.0 Å². The topological polar surface area (TPSA) is 118 Å². The van der Waals surface area contributed by atoms with E-state index in [4.69, 9.17) is 18.9 Å². The zero-order chi connectivity index (χ0) is 19.3. The summed E-state index contributed by atoms with van der Waals surface area (Å²) in [6, 6.07) is 0. The van der Waals surface area contributed by atoms with Crippen molar-refractivity contribution in [1.82, 2.24) is 0 Å². The quantitative estimate of drug-likeness (QED) is 0.509. The number of epoxide rings is 2. The summed E-state index contributed by atoms with van der Waals surface area (Å²) in [4.78, 5) is 26.7. The predicted octanol–water partition coefficient (Wildman–Crippen LogP) is -0.973. The molecule has 1 spiro atoms. The van der Waals surface area contributed by atoms with Gasteiger partial charge in [0.2, 0.25) is 0 Å². The fraction of sp³-hybridized carbons (Fsp3) is 0.700. The number of fused-ring (bicyclic) bond motifs is 3. The van der Waals surface area contributed by atoms with Gasteiger partial charge in [-0.15, -0.1) is 0 Å². The number of ketones is 2. The first-order valence-corrected chi connectivity index (χ1v) is 9.90.